The molecule has 0 fully saturated rings. The third-order valence-electron chi connectivity index (χ3n) is 2.22. The zero-order chi connectivity index (χ0) is 13.9. The van der Waals surface area contributed by atoms with Crippen molar-refractivity contribution in [2.45, 2.75) is 20.0 Å². The minimum atomic E-state index is -4.52. The van der Waals surface area contributed by atoms with Gasteiger partial charge in [0.2, 0.25) is 11.0 Å². The van der Waals surface area contributed by atoms with Gasteiger partial charge in [0.1, 0.15) is 0 Å². The van der Waals surface area contributed by atoms with Crippen molar-refractivity contribution in [1.82, 2.24) is 4.98 Å². The van der Waals surface area contributed by atoms with E-state index in [-0.39, 0.29) is 17.9 Å². The number of nitrogens with zero attached hydrogens (tertiary/aromatic N) is 3. The van der Waals surface area contributed by atoms with E-state index in [2.05, 4.69) is 4.98 Å². The Bertz CT molecular complexity index is 510. The molecule has 98 valence electrons. The van der Waals surface area contributed by atoms with E-state index < -0.39 is 22.7 Å². The third-order valence-corrected chi connectivity index (χ3v) is 3.23. The predicted molar refractivity (Wildman–Crippen MR) is 60.8 cm³/mol. The van der Waals surface area contributed by atoms with Crippen LogP contribution < -0.4 is 4.31 Å². The van der Waals surface area contributed by atoms with Crippen molar-refractivity contribution in [3.63, 3.8) is 0 Å². The van der Waals surface area contributed by atoms with Gasteiger partial charge >= 0.3 is 6.18 Å². The highest BCUT2D eigenvalue weighted by Crippen LogP contribution is 2.32. The van der Waals surface area contributed by atoms with Crippen molar-refractivity contribution in [2.75, 3.05) is 10.8 Å². The fraction of sp³-hybridized carbons (Fsp3) is 0.400. The highest BCUT2D eigenvalue weighted by Gasteiger charge is 2.32. The van der Waals surface area contributed by atoms with Gasteiger partial charge in [0.05, 0.1) is 16.9 Å². The Kier molecular flexibility index (Phi) is 4.29. The lowest BCUT2D eigenvalue weighted by atomic mass is 10.2. The molecule has 1 aromatic rings. The molecule has 0 spiro atoms. The standard InChI is InChI=1S/C10H10F3N3OS/c1-3-16(18(17)6-14)9-4-8(10(11,12)13)5-15-7(9)2/h4-5H,3H2,1-2H3. The van der Waals surface area contributed by atoms with Crippen LogP contribution in [0.15, 0.2) is 12.3 Å². The van der Waals surface area contributed by atoms with E-state index in [1.54, 1.807) is 6.92 Å². The maximum atomic E-state index is 12.6. The van der Waals surface area contributed by atoms with Crippen molar-refractivity contribution < 1.29 is 17.4 Å². The number of pyridine rings is 1. The molecule has 1 aromatic heterocycles. The predicted octanol–water partition coefficient (Wildman–Crippen LogP) is 2.38. The molecule has 0 saturated carbocycles. The Labute approximate surface area is 105 Å². The van der Waals surface area contributed by atoms with Gasteiger partial charge < -0.3 is 0 Å². The molecular weight excluding hydrogens is 267 g/mol. The maximum Gasteiger partial charge on any atom is 0.417 e. The van der Waals surface area contributed by atoms with Gasteiger partial charge in [0, 0.05) is 12.7 Å². The van der Waals surface area contributed by atoms with Gasteiger partial charge in [-0.05, 0) is 19.9 Å². The average molecular weight is 277 g/mol. The van der Waals surface area contributed by atoms with Gasteiger partial charge in [-0.3, -0.25) is 9.29 Å². The summed E-state index contributed by atoms with van der Waals surface area (Å²) < 4.78 is 50.1. The molecule has 4 nitrogen and oxygen atoms in total. The second-order valence-electron chi connectivity index (χ2n) is 3.36. The van der Waals surface area contributed by atoms with Crippen LogP contribution in [0.1, 0.15) is 18.2 Å². The number of thiocyanates is 1. The van der Waals surface area contributed by atoms with Crippen LogP contribution in [0.4, 0.5) is 18.9 Å². The Morgan fingerprint density at radius 1 is 1.56 bits per heavy atom. The van der Waals surface area contributed by atoms with E-state index in [1.807, 2.05) is 0 Å². The molecule has 0 aromatic carbocycles. The van der Waals surface area contributed by atoms with Crippen LogP contribution in [0, 0.1) is 17.6 Å². The van der Waals surface area contributed by atoms with E-state index in [1.165, 1.54) is 12.3 Å². The molecule has 0 amide bonds. The second-order valence-corrected chi connectivity index (χ2v) is 4.48. The second kappa shape index (κ2) is 5.35. The number of alkyl halides is 3. The maximum absolute atomic E-state index is 12.6. The molecule has 1 unspecified atom stereocenters. The lowest BCUT2D eigenvalue weighted by molar-refractivity contribution is -0.137. The summed E-state index contributed by atoms with van der Waals surface area (Å²) in [5.41, 5.74) is -0.600. The summed E-state index contributed by atoms with van der Waals surface area (Å²) in [7, 11) is -2.03. The first-order chi connectivity index (χ1) is 8.31. The van der Waals surface area contributed by atoms with Crippen molar-refractivity contribution in [3.05, 3.63) is 23.5 Å². The summed E-state index contributed by atoms with van der Waals surface area (Å²) in [6.45, 7) is 3.23. The number of hydrogen-bond acceptors (Lipinski definition) is 3. The van der Waals surface area contributed by atoms with Crippen LogP contribution in [0.2, 0.25) is 0 Å². The van der Waals surface area contributed by atoms with Crippen molar-refractivity contribution >= 4 is 16.7 Å². The third kappa shape index (κ3) is 2.98. The highest BCUT2D eigenvalue weighted by molar-refractivity contribution is 7.91. The van der Waals surface area contributed by atoms with Crippen LogP contribution in [-0.4, -0.2) is 15.7 Å². The molecule has 1 atom stereocenters. The minimum Gasteiger partial charge on any atom is -0.278 e. The van der Waals surface area contributed by atoms with Crippen LogP contribution in [0.5, 0.6) is 0 Å². The molecule has 8 heteroatoms. The fourth-order valence-electron chi connectivity index (χ4n) is 1.36. The average Bonchev–Trinajstić information content (AvgIpc) is 2.30. The van der Waals surface area contributed by atoms with Crippen LogP contribution in [-0.2, 0) is 17.2 Å². The Morgan fingerprint density at radius 3 is 2.61 bits per heavy atom. The molecule has 0 aliphatic rings. The summed E-state index contributed by atoms with van der Waals surface area (Å²) >= 11 is 0. The quantitative estimate of drug-likeness (QED) is 0.797. The summed E-state index contributed by atoms with van der Waals surface area (Å²) in [6, 6.07) is 0.848. The van der Waals surface area contributed by atoms with E-state index in [4.69, 9.17) is 5.26 Å². The molecule has 0 radical (unpaired) electrons. The van der Waals surface area contributed by atoms with Crippen molar-refractivity contribution in [2.24, 2.45) is 0 Å². The minimum absolute atomic E-state index is 0.0483. The number of anilines is 1. The van der Waals surface area contributed by atoms with Crippen molar-refractivity contribution in [3.8, 4) is 5.40 Å². The molecule has 0 bridgehead atoms. The van der Waals surface area contributed by atoms with E-state index in [0.717, 1.165) is 10.4 Å². The molecule has 0 saturated heterocycles. The number of halogens is 3. The monoisotopic (exact) mass is 277 g/mol. The number of aryl methyl sites for hydroxylation is 1. The lowest BCUT2D eigenvalue weighted by Gasteiger charge is -2.20. The lowest BCUT2D eigenvalue weighted by Crippen LogP contribution is -2.25. The van der Waals surface area contributed by atoms with Crippen LogP contribution in [0.25, 0.3) is 0 Å². The highest BCUT2D eigenvalue weighted by atomic mass is 32.2. The smallest absolute Gasteiger partial charge is 0.278 e. The van der Waals surface area contributed by atoms with Gasteiger partial charge in [-0.2, -0.15) is 18.4 Å². The van der Waals surface area contributed by atoms with Crippen LogP contribution in [0.3, 0.4) is 0 Å². The summed E-state index contributed by atoms with van der Waals surface area (Å²) in [4.78, 5) is 3.63. The van der Waals surface area contributed by atoms with E-state index >= 15 is 0 Å². The molecular formula is C10H10F3N3OS. The topological polar surface area (TPSA) is 57.0 Å². The molecule has 0 N–H and O–H groups in total. The first-order valence-corrected chi connectivity index (χ1v) is 6.05. The van der Waals surface area contributed by atoms with Gasteiger partial charge in [0.25, 0.3) is 0 Å². The van der Waals surface area contributed by atoms with Gasteiger partial charge in [-0.25, -0.2) is 4.21 Å². The van der Waals surface area contributed by atoms with Gasteiger partial charge in [-0.15, -0.1) is 0 Å². The largest absolute Gasteiger partial charge is 0.417 e. The normalized spacial score (nSPS) is 12.9. The summed E-state index contributed by atoms with van der Waals surface area (Å²) in [5, 5.41) is 10.1. The van der Waals surface area contributed by atoms with Gasteiger partial charge in [0.15, 0.2) is 5.40 Å². The SMILES string of the molecule is CCN(c1cc(C(F)(F)F)cnc1C)S(=O)C#N. The summed E-state index contributed by atoms with van der Waals surface area (Å²) in [6.07, 6.45) is -3.81. The Balaban J connectivity index is 3.31. The molecule has 0 aliphatic carbocycles. The van der Waals surface area contributed by atoms with E-state index in [9.17, 15) is 17.4 Å². The Hall–Kier alpha value is -1.62. The number of aromatic nitrogens is 1. The zero-order valence-corrected chi connectivity index (χ0v) is 10.5. The van der Waals surface area contributed by atoms with Gasteiger partial charge in [-0.1, -0.05) is 0 Å². The fourth-order valence-corrected chi connectivity index (χ4v) is 2.05. The summed E-state index contributed by atoms with van der Waals surface area (Å²) in [5.74, 6) is 0. The van der Waals surface area contributed by atoms with Crippen molar-refractivity contribution in [1.29, 1.82) is 5.26 Å². The number of nitriles is 1. The number of rotatable bonds is 3. The molecule has 1 heterocycles. The molecule has 1 rings (SSSR count). The molecule has 0 aliphatic heterocycles. The van der Waals surface area contributed by atoms with Crippen LogP contribution >= 0.6 is 0 Å². The first kappa shape index (κ1) is 14.4. The van der Waals surface area contributed by atoms with E-state index in [0.29, 0.717) is 6.20 Å². The number of hydrogen-bond donors (Lipinski definition) is 0. The Morgan fingerprint density at radius 2 is 2.17 bits per heavy atom. The first-order valence-electron chi connectivity index (χ1n) is 4.94. The molecule has 18 heavy (non-hydrogen) atoms. The zero-order valence-electron chi connectivity index (χ0n) is 9.65.